The summed E-state index contributed by atoms with van der Waals surface area (Å²) in [5.41, 5.74) is 0.304. The lowest BCUT2D eigenvalue weighted by atomic mass is 9.83. The summed E-state index contributed by atoms with van der Waals surface area (Å²) in [6.45, 7) is 0. The van der Waals surface area contributed by atoms with E-state index in [1.165, 1.54) is 24.3 Å². The number of para-hydroxylation sites is 1. The normalized spacial score (nSPS) is 21.4. The molecule has 1 N–H and O–H groups in total. The molecule has 2 atom stereocenters. The lowest BCUT2D eigenvalue weighted by Crippen LogP contribution is -2.50. The fourth-order valence-electron chi connectivity index (χ4n) is 3.40. The average Bonchev–Trinajstić information content (AvgIpc) is 2.67. The van der Waals surface area contributed by atoms with Gasteiger partial charge in [0.15, 0.2) is 0 Å². The Labute approximate surface area is 152 Å². The molecule has 0 saturated heterocycles. The summed E-state index contributed by atoms with van der Waals surface area (Å²) in [5.74, 6) is -4.43. The summed E-state index contributed by atoms with van der Waals surface area (Å²) in [6, 6.07) is 12.1. The number of methoxy groups -OCH3 is 1. The van der Waals surface area contributed by atoms with Crippen molar-refractivity contribution in [2.45, 2.75) is 18.1 Å². The van der Waals surface area contributed by atoms with Gasteiger partial charge < -0.3 is 19.0 Å². The van der Waals surface area contributed by atoms with Gasteiger partial charge in [-0.2, -0.15) is 0 Å². The van der Waals surface area contributed by atoms with Gasteiger partial charge >= 0.3 is 17.4 Å². The van der Waals surface area contributed by atoms with Gasteiger partial charge in [-0.05, 0) is 29.8 Å². The maximum atomic E-state index is 13.3. The number of hydrogen-bond acceptors (Lipinski definition) is 6. The average molecular weight is 370 g/mol. The molecule has 0 spiro atoms. The number of fused-ring (bicyclic) bond motifs is 3. The highest BCUT2D eigenvalue weighted by molar-refractivity contribution is 5.87. The van der Waals surface area contributed by atoms with Crippen LogP contribution in [0.4, 0.5) is 4.39 Å². The Morgan fingerprint density at radius 3 is 2.63 bits per heavy atom. The molecule has 0 radical (unpaired) electrons. The highest BCUT2D eigenvalue weighted by Crippen LogP contribution is 2.45. The Bertz CT molecular complexity index is 1090. The number of benzene rings is 2. The van der Waals surface area contributed by atoms with E-state index in [0.29, 0.717) is 10.9 Å². The van der Waals surface area contributed by atoms with Crippen molar-refractivity contribution in [3.8, 4) is 5.75 Å². The minimum Gasteiger partial charge on any atom is -0.464 e. The maximum absolute atomic E-state index is 13.3. The van der Waals surface area contributed by atoms with E-state index in [1.807, 2.05) is 0 Å². The van der Waals surface area contributed by atoms with Crippen molar-refractivity contribution >= 4 is 16.9 Å². The summed E-state index contributed by atoms with van der Waals surface area (Å²) >= 11 is 0. The first-order valence-electron chi connectivity index (χ1n) is 8.24. The van der Waals surface area contributed by atoms with Gasteiger partial charge in [-0.3, -0.25) is 0 Å². The molecule has 0 fully saturated rings. The number of carbonyl (C=O) groups excluding carboxylic acids is 1. The largest absolute Gasteiger partial charge is 0.464 e. The van der Waals surface area contributed by atoms with Crippen LogP contribution in [0.15, 0.2) is 57.7 Å². The Balaban J connectivity index is 2.00. The van der Waals surface area contributed by atoms with Crippen molar-refractivity contribution in [1.29, 1.82) is 0 Å². The van der Waals surface area contributed by atoms with Crippen LogP contribution in [0.3, 0.4) is 0 Å². The van der Waals surface area contributed by atoms with Crippen LogP contribution >= 0.6 is 0 Å². The van der Waals surface area contributed by atoms with Crippen LogP contribution in [0.1, 0.15) is 23.5 Å². The van der Waals surface area contributed by atoms with Crippen molar-refractivity contribution in [2.75, 3.05) is 7.11 Å². The predicted molar refractivity (Wildman–Crippen MR) is 92.9 cm³/mol. The summed E-state index contributed by atoms with van der Waals surface area (Å²) < 4.78 is 29.0. The number of carbonyl (C=O) groups is 1. The quantitative estimate of drug-likeness (QED) is 0.551. The van der Waals surface area contributed by atoms with Crippen LogP contribution in [0.2, 0.25) is 0 Å². The Kier molecular flexibility index (Phi) is 3.96. The monoisotopic (exact) mass is 370 g/mol. The molecule has 1 aliphatic heterocycles. The van der Waals surface area contributed by atoms with E-state index in [-0.39, 0.29) is 23.3 Å². The Morgan fingerprint density at radius 1 is 1.22 bits per heavy atom. The van der Waals surface area contributed by atoms with Crippen LogP contribution in [0, 0.1) is 5.82 Å². The number of hydrogen-bond donors (Lipinski definition) is 1. The van der Waals surface area contributed by atoms with Gasteiger partial charge in [-0.15, -0.1) is 0 Å². The van der Waals surface area contributed by atoms with Gasteiger partial charge in [0.25, 0.3) is 0 Å². The van der Waals surface area contributed by atoms with Gasteiger partial charge in [0, 0.05) is 12.3 Å². The molecule has 138 valence electrons. The molecular formula is C20H15FO6. The molecule has 7 heteroatoms. The standard InChI is InChI=1S/C20H15FO6/c1-25-19(23)20(24)10-14(11-6-8-12(21)9-7-11)16-17(27-20)13-4-2-3-5-15(13)26-18(16)22/h2-9,14,24H,10H2,1H3/t14-,20?/m1/s1. The molecule has 0 saturated carbocycles. The molecule has 0 amide bonds. The van der Waals surface area contributed by atoms with Crippen LogP contribution in [-0.2, 0) is 9.53 Å². The lowest BCUT2D eigenvalue weighted by molar-refractivity contribution is -0.202. The minimum absolute atomic E-state index is 0.0512. The fraction of sp³-hybridized carbons (Fsp3) is 0.200. The van der Waals surface area contributed by atoms with Crippen molar-refractivity contribution in [1.82, 2.24) is 0 Å². The zero-order valence-corrected chi connectivity index (χ0v) is 14.3. The van der Waals surface area contributed by atoms with Crippen LogP contribution in [0.25, 0.3) is 11.0 Å². The number of aliphatic hydroxyl groups is 1. The molecule has 1 aromatic heterocycles. The second kappa shape index (κ2) is 6.21. The first kappa shape index (κ1) is 17.2. The topological polar surface area (TPSA) is 86.0 Å². The molecule has 6 nitrogen and oxygen atoms in total. The van der Waals surface area contributed by atoms with Gasteiger partial charge in [0.2, 0.25) is 0 Å². The molecule has 1 aliphatic rings. The van der Waals surface area contributed by atoms with Gasteiger partial charge in [0.05, 0.1) is 18.1 Å². The molecule has 3 aromatic rings. The Morgan fingerprint density at radius 2 is 1.93 bits per heavy atom. The third-order valence-corrected chi connectivity index (χ3v) is 4.68. The zero-order valence-electron chi connectivity index (χ0n) is 14.3. The van der Waals surface area contributed by atoms with E-state index in [9.17, 15) is 19.1 Å². The minimum atomic E-state index is -2.29. The van der Waals surface area contributed by atoms with Gasteiger partial charge in [0.1, 0.15) is 17.1 Å². The molecule has 4 rings (SSSR count). The van der Waals surface area contributed by atoms with E-state index in [4.69, 9.17) is 9.15 Å². The van der Waals surface area contributed by atoms with Crippen LogP contribution in [0.5, 0.6) is 5.75 Å². The van der Waals surface area contributed by atoms with E-state index < -0.39 is 29.1 Å². The number of esters is 1. The number of halogens is 1. The van der Waals surface area contributed by atoms with Crippen molar-refractivity contribution < 1.29 is 28.2 Å². The molecule has 0 bridgehead atoms. The smallest absolute Gasteiger partial charge is 0.379 e. The molecule has 27 heavy (non-hydrogen) atoms. The highest BCUT2D eigenvalue weighted by atomic mass is 19.1. The maximum Gasteiger partial charge on any atom is 0.379 e. The molecular weight excluding hydrogens is 355 g/mol. The van der Waals surface area contributed by atoms with E-state index in [1.54, 1.807) is 24.3 Å². The van der Waals surface area contributed by atoms with E-state index >= 15 is 0 Å². The summed E-state index contributed by atoms with van der Waals surface area (Å²) in [7, 11) is 1.13. The van der Waals surface area contributed by atoms with Crippen molar-refractivity contribution in [3.05, 3.63) is 75.9 Å². The number of ether oxygens (including phenoxy) is 2. The van der Waals surface area contributed by atoms with E-state index in [0.717, 1.165) is 7.11 Å². The molecule has 1 unspecified atom stereocenters. The van der Waals surface area contributed by atoms with E-state index in [2.05, 4.69) is 4.74 Å². The third-order valence-electron chi connectivity index (χ3n) is 4.68. The zero-order chi connectivity index (χ0) is 19.2. The second-order valence-electron chi connectivity index (χ2n) is 6.31. The molecule has 0 aliphatic carbocycles. The van der Waals surface area contributed by atoms with Crippen molar-refractivity contribution in [2.24, 2.45) is 0 Å². The number of rotatable bonds is 2. The SMILES string of the molecule is COC(=O)C1(O)C[C@H](c2ccc(F)cc2)c2c(c3ccccc3oc2=O)O1. The first-order chi connectivity index (χ1) is 12.9. The molecule has 2 heterocycles. The third kappa shape index (κ3) is 2.76. The Hall–Kier alpha value is -3.19. The highest BCUT2D eigenvalue weighted by Gasteiger charge is 2.49. The van der Waals surface area contributed by atoms with Crippen LogP contribution < -0.4 is 10.4 Å². The fourth-order valence-corrected chi connectivity index (χ4v) is 3.40. The van der Waals surface area contributed by atoms with Gasteiger partial charge in [-0.25, -0.2) is 14.0 Å². The first-order valence-corrected chi connectivity index (χ1v) is 8.24. The molecule has 2 aromatic carbocycles. The lowest BCUT2D eigenvalue weighted by Gasteiger charge is -2.36. The summed E-state index contributed by atoms with van der Waals surface area (Å²) in [6.07, 6.45) is -0.276. The van der Waals surface area contributed by atoms with Crippen LogP contribution in [-0.4, -0.2) is 24.0 Å². The van der Waals surface area contributed by atoms with Gasteiger partial charge in [-0.1, -0.05) is 24.3 Å². The summed E-state index contributed by atoms with van der Waals surface area (Å²) in [5, 5.41) is 11.3. The van der Waals surface area contributed by atoms with Crippen molar-refractivity contribution in [3.63, 3.8) is 0 Å². The second-order valence-corrected chi connectivity index (χ2v) is 6.31. The predicted octanol–water partition coefficient (Wildman–Crippen LogP) is 2.71. The summed E-state index contributed by atoms with van der Waals surface area (Å²) in [4.78, 5) is 24.9.